The molecule has 0 spiro atoms. The zero-order chi connectivity index (χ0) is 15.9. The number of anilines is 1. The fraction of sp³-hybridized carbons (Fsp3) is 0.375. The van der Waals surface area contributed by atoms with Gasteiger partial charge in [-0.05, 0) is 30.7 Å². The van der Waals surface area contributed by atoms with Gasteiger partial charge in [0.1, 0.15) is 11.6 Å². The van der Waals surface area contributed by atoms with Crippen LogP contribution in [0, 0.1) is 0 Å². The Labute approximate surface area is 129 Å². The van der Waals surface area contributed by atoms with Crippen molar-refractivity contribution in [1.29, 1.82) is 0 Å². The van der Waals surface area contributed by atoms with Gasteiger partial charge in [-0.2, -0.15) is 0 Å². The molecule has 0 fully saturated rings. The Hall–Kier alpha value is -2.34. The Morgan fingerprint density at radius 2 is 2.27 bits per heavy atom. The van der Waals surface area contributed by atoms with E-state index in [2.05, 4.69) is 10.3 Å². The summed E-state index contributed by atoms with van der Waals surface area (Å²) >= 11 is 0. The molecule has 0 bridgehead atoms. The lowest BCUT2D eigenvalue weighted by atomic mass is 10.1. The van der Waals surface area contributed by atoms with Gasteiger partial charge in [-0.3, -0.25) is 4.79 Å². The smallest absolute Gasteiger partial charge is 0.258 e. The van der Waals surface area contributed by atoms with E-state index >= 15 is 0 Å². The van der Waals surface area contributed by atoms with Crippen LogP contribution in [0.3, 0.4) is 0 Å². The average molecular weight is 303 g/mol. The van der Waals surface area contributed by atoms with Crippen molar-refractivity contribution in [2.75, 3.05) is 19.0 Å². The Morgan fingerprint density at radius 3 is 2.86 bits per heavy atom. The van der Waals surface area contributed by atoms with E-state index in [4.69, 9.17) is 4.42 Å². The van der Waals surface area contributed by atoms with Crippen LogP contribution in [0.1, 0.15) is 29.5 Å². The van der Waals surface area contributed by atoms with E-state index < -0.39 is 0 Å². The molecule has 6 nitrogen and oxygen atoms in total. The van der Waals surface area contributed by atoms with Crippen LogP contribution in [0.15, 0.2) is 41.1 Å². The number of carbonyl (C=O) groups excluding carboxylic acids is 1. The van der Waals surface area contributed by atoms with Crippen molar-refractivity contribution in [3.05, 3.63) is 48.0 Å². The quantitative estimate of drug-likeness (QED) is 0.819. The van der Waals surface area contributed by atoms with Crippen molar-refractivity contribution in [3.8, 4) is 0 Å². The number of rotatable bonds is 7. The molecule has 0 saturated carbocycles. The Kier molecular flexibility index (Phi) is 5.55. The number of pyridine rings is 1. The highest BCUT2D eigenvalue weighted by Gasteiger charge is 2.26. The lowest BCUT2D eigenvalue weighted by Gasteiger charge is -2.29. The summed E-state index contributed by atoms with van der Waals surface area (Å²) in [6.45, 7) is 2.15. The number of hydrogen-bond donors (Lipinski definition) is 2. The molecule has 2 N–H and O–H groups in total. The number of amides is 1. The Morgan fingerprint density at radius 1 is 1.45 bits per heavy atom. The van der Waals surface area contributed by atoms with Gasteiger partial charge in [0.2, 0.25) is 0 Å². The van der Waals surface area contributed by atoms with E-state index in [-0.39, 0.29) is 18.6 Å². The molecule has 0 aromatic carbocycles. The van der Waals surface area contributed by atoms with Gasteiger partial charge in [0.25, 0.3) is 5.91 Å². The third-order valence-corrected chi connectivity index (χ3v) is 3.56. The van der Waals surface area contributed by atoms with E-state index in [1.807, 2.05) is 13.0 Å². The van der Waals surface area contributed by atoms with Gasteiger partial charge < -0.3 is 19.7 Å². The summed E-state index contributed by atoms with van der Waals surface area (Å²) in [6, 6.07) is 6.76. The van der Waals surface area contributed by atoms with Crippen molar-refractivity contribution in [3.63, 3.8) is 0 Å². The third kappa shape index (κ3) is 3.46. The summed E-state index contributed by atoms with van der Waals surface area (Å²) in [6.07, 6.45) is 3.85. The molecule has 2 aromatic heterocycles. The maximum absolute atomic E-state index is 12.9. The summed E-state index contributed by atoms with van der Waals surface area (Å²) in [5.41, 5.74) is 0.475. The van der Waals surface area contributed by atoms with Crippen molar-refractivity contribution in [2.24, 2.45) is 0 Å². The first-order valence-corrected chi connectivity index (χ1v) is 7.28. The lowest BCUT2D eigenvalue weighted by molar-refractivity contribution is 0.0545. The van der Waals surface area contributed by atoms with Gasteiger partial charge in [-0.1, -0.05) is 6.92 Å². The van der Waals surface area contributed by atoms with Crippen LogP contribution in [0.4, 0.5) is 5.82 Å². The minimum absolute atomic E-state index is 0.0991. The predicted molar refractivity (Wildman–Crippen MR) is 83.5 cm³/mol. The molecule has 1 amide bonds. The van der Waals surface area contributed by atoms with Crippen molar-refractivity contribution >= 4 is 11.7 Å². The number of nitrogens with zero attached hydrogens (tertiary/aromatic N) is 2. The summed E-state index contributed by atoms with van der Waals surface area (Å²) < 4.78 is 5.34. The molecule has 22 heavy (non-hydrogen) atoms. The van der Waals surface area contributed by atoms with Crippen LogP contribution in [-0.2, 0) is 6.54 Å². The average Bonchev–Trinajstić information content (AvgIpc) is 3.07. The first-order valence-electron chi connectivity index (χ1n) is 7.28. The van der Waals surface area contributed by atoms with E-state index in [0.717, 1.165) is 0 Å². The van der Waals surface area contributed by atoms with Crippen LogP contribution in [0.25, 0.3) is 0 Å². The van der Waals surface area contributed by atoms with Crippen LogP contribution in [0.5, 0.6) is 0 Å². The Balaban J connectivity index is 2.32. The van der Waals surface area contributed by atoms with E-state index in [9.17, 15) is 9.90 Å². The standard InChI is InChI=1S/C16H21N3O3/c1-3-12(11-20)19(10-13-6-5-9-22-13)16(21)14-7-4-8-18-15(14)17-2/h4-9,12,20H,3,10-11H2,1-2H3,(H,17,18)/t12-/m1/s1. The van der Waals surface area contributed by atoms with Crippen LogP contribution >= 0.6 is 0 Å². The number of aliphatic hydroxyl groups is 1. The SMILES string of the molecule is CC[C@H](CO)N(Cc1ccco1)C(=O)c1cccnc1NC. The second-order valence-electron chi connectivity index (χ2n) is 4.91. The monoisotopic (exact) mass is 303 g/mol. The maximum atomic E-state index is 12.9. The molecule has 118 valence electrons. The number of nitrogens with one attached hydrogen (secondary N) is 1. The molecular formula is C16H21N3O3. The second kappa shape index (κ2) is 7.61. The highest BCUT2D eigenvalue weighted by atomic mass is 16.3. The summed E-state index contributed by atoms with van der Waals surface area (Å²) in [5.74, 6) is 1.01. The highest BCUT2D eigenvalue weighted by Crippen LogP contribution is 2.19. The molecule has 6 heteroatoms. The number of aromatic nitrogens is 1. The van der Waals surface area contributed by atoms with E-state index in [0.29, 0.717) is 30.1 Å². The summed E-state index contributed by atoms with van der Waals surface area (Å²) in [4.78, 5) is 18.7. The zero-order valence-corrected chi connectivity index (χ0v) is 12.8. The van der Waals surface area contributed by atoms with Gasteiger partial charge in [0, 0.05) is 13.2 Å². The molecule has 2 aromatic rings. The molecule has 0 unspecified atom stereocenters. The molecule has 1 atom stereocenters. The van der Waals surface area contributed by atoms with Crippen molar-refractivity contribution < 1.29 is 14.3 Å². The van der Waals surface area contributed by atoms with Gasteiger partial charge in [-0.25, -0.2) is 4.98 Å². The van der Waals surface area contributed by atoms with Crippen LogP contribution in [0.2, 0.25) is 0 Å². The summed E-state index contributed by atoms with van der Waals surface area (Å²) in [5, 5.41) is 12.5. The summed E-state index contributed by atoms with van der Waals surface area (Å²) in [7, 11) is 1.72. The Bertz CT molecular complexity index is 594. The van der Waals surface area contributed by atoms with Gasteiger partial charge >= 0.3 is 0 Å². The second-order valence-corrected chi connectivity index (χ2v) is 4.91. The molecular weight excluding hydrogens is 282 g/mol. The normalized spacial score (nSPS) is 12.0. The minimum Gasteiger partial charge on any atom is -0.467 e. The van der Waals surface area contributed by atoms with Gasteiger partial charge in [-0.15, -0.1) is 0 Å². The topological polar surface area (TPSA) is 78.6 Å². The molecule has 2 rings (SSSR count). The zero-order valence-electron chi connectivity index (χ0n) is 12.8. The first-order chi connectivity index (χ1) is 10.7. The number of furan rings is 1. The molecule has 0 aliphatic carbocycles. The molecule has 0 radical (unpaired) electrons. The maximum Gasteiger partial charge on any atom is 0.258 e. The third-order valence-electron chi connectivity index (χ3n) is 3.56. The number of hydrogen-bond acceptors (Lipinski definition) is 5. The molecule has 0 aliphatic rings. The molecule has 0 saturated heterocycles. The minimum atomic E-state index is -0.275. The highest BCUT2D eigenvalue weighted by molar-refractivity contribution is 5.98. The lowest BCUT2D eigenvalue weighted by Crippen LogP contribution is -2.41. The molecule has 0 aliphatic heterocycles. The van der Waals surface area contributed by atoms with Crippen molar-refractivity contribution in [2.45, 2.75) is 25.9 Å². The van der Waals surface area contributed by atoms with Crippen LogP contribution in [-0.4, -0.2) is 40.6 Å². The number of aliphatic hydroxyl groups excluding tert-OH is 1. The van der Waals surface area contributed by atoms with Crippen molar-refractivity contribution in [1.82, 2.24) is 9.88 Å². The van der Waals surface area contributed by atoms with Gasteiger partial charge in [0.15, 0.2) is 0 Å². The molecule has 2 heterocycles. The van der Waals surface area contributed by atoms with Gasteiger partial charge in [0.05, 0.1) is 31.0 Å². The van der Waals surface area contributed by atoms with E-state index in [1.54, 1.807) is 42.6 Å². The fourth-order valence-electron chi connectivity index (χ4n) is 2.32. The van der Waals surface area contributed by atoms with E-state index in [1.165, 1.54) is 0 Å². The number of carbonyl (C=O) groups is 1. The largest absolute Gasteiger partial charge is 0.467 e. The first kappa shape index (κ1) is 16.0. The van der Waals surface area contributed by atoms with Crippen LogP contribution < -0.4 is 5.32 Å². The predicted octanol–water partition coefficient (Wildman–Crippen LogP) is 2.13. The fourth-order valence-corrected chi connectivity index (χ4v) is 2.32.